The van der Waals surface area contributed by atoms with Gasteiger partial charge >= 0.3 is 0 Å². The standard InChI is InChI=1S/C18H17ClN2O3/c19-15-6-7-16(17(12-15)21(23)24)18(22)20-10-8-14(9-11-20)13-4-2-1-3-5-13/h1-7,12,14H,8-11H2. The second-order valence-electron chi connectivity index (χ2n) is 5.90. The highest BCUT2D eigenvalue weighted by Crippen LogP contribution is 2.30. The fraction of sp³-hybridized carbons (Fsp3) is 0.278. The summed E-state index contributed by atoms with van der Waals surface area (Å²) >= 11 is 5.81. The Morgan fingerprint density at radius 3 is 2.42 bits per heavy atom. The van der Waals surface area contributed by atoms with Gasteiger partial charge in [-0.3, -0.25) is 14.9 Å². The molecule has 3 rings (SSSR count). The number of nitro benzene ring substituents is 1. The first-order valence-electron chi connectivity index (χ1n) is 7.84. The summed E-state index contributed by atoms with van der Waals surface area (Å²) < 4.78 is 0. The predicted octanol–water partition coefficient (Wildman–Crippen LogP) is 4.27. The molecular formula is C18H17ClN2O3. The lowest BCUT2D eigenvalue weighted by molar-refractivity contribution is -0.385. The maximum Gasteiger partial charge on any atom is 0.283 e. The van der Waals surface area contributed by atoms with E-state index in [2.05, 4.69) is 12.1 Å². The number of rotatable bonds is 3. The third-order valence-corrected chi connectivity index (χ3v) is 4.68. The van der Waals surface area contributed by atoms with Crippen LogP contribution in [0.15, 0.2) is 48.5 Å². The van der Waals surface area contributed by atoms with Gasteiger partial charge in [0.25, 0.3) is 11.6 Å². The Labute approximate surface area is 145 Å². The predicted molar refractivity (Wildman–Crippen MR) is 92.4 cm³/mol. The second-order valence-corrected chi connectivity index (χ2v) is 6.33. The highest BCUT2D eigenvalue weighted by Gasteiger charge is 2.28. The van der Waals surface area contributed by atoms with Crippen molar-refractivity contribution in [2.45, 2.75) is 18.8 Å². The molecule has 1 fully saturated rings. The van der Waals surface area contributed by atoms with Crippen molar-refractivity contribution >= 4 is 23.2 Å². The minimum atomic E-state index is -0.560. The zero-order valence-electron chi connectivity index (χ0n) is 13.0. The quantitative estimate of drug-likeness (QED) is 0.617. The third-order valence-electron chi connectivity index (χ3n) is 4.44. The van der Waals surface area contributed by atoms with E-state index >= 15 is 0 Å². The van der Waals surface area contributed by atoms with E-state index in [4.69, 9.17) is 11.6 Å². The molecule has 124 valence electrons. The molecule has 5 nitrogen and oxygen atoms in total. The van der Waals surface area contributed by atoms with E-state index in [-0.39, 0.29) is 22.2 Å². The molecule has 0 N–H and O–H groups in total. The molecule has 0 radical (unpaired) electrons. The minimum Gasteiger partial charge on any atom is -0.338 e. The molecule has 1 amide bonds. The van der Waals surface area contributed by atoms with Crippen LogP contribution in [0.5, 0.6) is 0 Å². The Balaban J connectivity index is 1.73. The van der Waals surface area contributed by atoms with Gasteiger partial charge in [-0.2, -0.15) is 0 Å². The summed E-state index contributed by atoms with van der Waals surface area (Å²) in [4.78, 5) is 25.0. The number of nitrogens with zero attached hydrogens (tertiary/aromatic N) is 2. The van der Waals surface area contributed by atoms with E-state index in [0.29, 0.717) is 19.0 Å². The van der Waals surface area contributed by atoms with Crippen LogP contribution < -0.4 is 0 Å². The molecule has 1 aliphatic rings. The SMILES string of the molecule is O=C(c1ccc(Cl)cc1[N+](=O)[O-])N1CCC(c2ccccc2)CC1. The molecule has 24 heavy (non-hydrogen) atoms. The lowest BCUT2D eigenvalue weighted by atomic mass is 9.89. The maximum absolute atomic E-state index is 12.7. The molecule has 0 aromatic heterocycles. The summed E-state index contributed by atoms with van der Waals surface area (Å²) in [7, 11) is 0. The normalized spacial score (nSPS) is 15.3. The molecule has 1 heterocycles. The van der Waals surface area contributed by atoms with Crippen molar-refractivity contribution in [3.63, 3.8) is 0 Å². The molecule has 2 aromatic carbocycles. The van der Waals surface area contributed by atoms with Gasteiger partial charge in [0.2, 0.25) is 0 Å². The second kappa shape index (κ2) is 7.01. The van der Waals surface area contributed by atoms with Crippen LogP contribution in [0.2, 0.25) is 5.02 Å². The number of likely N-dealkylation sites (tertiary alicyclic amines) is 1. The average Bonchev–Trinajstić information content (AvgIpc) is 2.62. The average molecular weight is 345 g/mol. The first-order chi connectivity index (χ1) is 11.6. The Morgan fingerprint density at radius 2 is 1.79 bits per heavy atom. The fourth-order valence-corrected chi connectivity index (χ4v) is 3.31. The van der Waals surface area contributed by atoms with Crippen LogP contribution in [0.4, 0.5) is 5.69 Å². The largest absolute Gasteiger partial charge is 0.338 e. The summed E-state index contributed by atoms with van der Waals surface area (Å²) in [5.41, 5.74) is 1.14. The highest BCUT2D eigenvalue weighted by atomic mass is 35.5. The third kappa shape index (κ3) is 3.41. The summed E-state index contributed by atoms with van der Waals surface area (Å²) in [6.07, 6.45) is 1.72. The van der Waals surface area contributed by atoms with Crippen LogP contribution in [0.1, 0.15) is 34.7 Å². The van der Waals surface area contributed by atoms with E-state index in [0.717, 1.165) is 12.8 Å². The summed E-state index contributed by atoms with van der Waals surface area (Å²) in [5.74, 6) is 0.125. The zero-order valence-corrected chi connectivity index (χ0v) is 13.8. The molecule has 1 aliphatic heterocycles. The first kappa shape index (κ1) is 16.5. The molecule has 0 saturated carbocycles. The van der Waals surface area contributed by atoms with Crippen LogP contribution in [0.25, 0.3) is 0 Å². The highest BCUT2D eigenvalue weighted by molar-refractivity contribution is 6.31. The van der Waals surface area contributed by atoms with E-state index in [1.165, 1.54) is 23.8 Å². The first-order valence-corrected chi connectivity index (χ1v) is 8.22. The van der Waals surface area contributed by atoms with Crippen molar-refractivity contribution in [3.8, 4) is 0 Å². The number of halogens is 1. The Kier molecular flexibility index (Phi) is 4.81. The maximum atomic E-state index is 12.7. The number of nitro groups is 1. The van der Waals surface area contributed by atoms with Crippen LogP contribution in [0, 0.1) is 10.1 Å². The number of hydrogen-bond acceptors (Lipinski definition) is 3. The monoisotopic (exact) mass is 344 g/mol. The number of carbonyl (C=O) groups excluding carboxylic acids is 1. The molecule has 0 atom stereocenters. The van der Waals surface area contributed by atoms with Crippen molar-refractivity contribution in [2.24, 2.45) is 0 Å². The van der Waals surface area contributed by atoms with Gasteiger partial charge in [0.15, 0.2) is 0 Å². The molecule has 0 aliphatic carbocycles. The van der Waals surface area contributed by atoms with Crippen molar-refractivity contribution < 1.29 is 9.72 Å². The van der Waals surface area contributed by atoms with Crippen molar-refractivity contribution in [1.82, 2.24) is 4.90 Å². The Bertz CT molecular complexity index is 756. The lowest BCUT2D eigenvalue weighted by Gasteiger charge is -2.32. The van der Waals surface area contributed by atoms with Gasteiger partial charge in [0.1, 0.15) is 5.56 Å². The van der Waals surface area contributed by atoms with Crippen molar-refractivity contribution in [2.75, 3.05) is 13.1 Å². The number of piperidine rings is 1. The van der Waals surface area contributed by atoms with E-state index in [9.17, 15) is 14.9 Å². The summed E-state index contributed by atoms with van der Waals surface area (Å²) in [6.45, 7) is 1.19. The summed E-state index contributed by atoms with van der Waals surface area (Å²) in [5, 5.41) is 11.4. The Hall–Kier alpha value is -2.40. The molecule has 6 heteroatoms. The van der Waals surface area contributed by atoms with Crippen LogP contribution in [-0.4, -0.2) is 28.8 Å². The number of benzene rings is 2. The molecule has 1 saturated heterocycles. The summed E-state index contributed by atoms with van der Waals surface area (Å²) in [6, 6.07) is 14.4. The number of hydrogen-bond donors (Lipinski definition) is 0. The number of carbonyl (C=O) groups is 1. The van der Waals surface area contributed by atoms with Gasteiger partial charge in [-0.05, 0) is 36.5 Å². The topological polar surface area (TPSA) is 63.4 Å². The number of amides is 1. The van der Waals surface area contributed by atoms with E-state index in [1.807, 2.05) is 18.2 Å². The van der Waals surface area contributed by atoms with Gasteiger partial charge in [0, 0.05) is 24.2 Å². The van der Waals surface area contributed by atoms with Gasteiger partial charge in [-0.25, -0.2) is 0 Å². The lowest BCUT2D eigenvalue weighted by Crippen LogP contribution is -2.38. The molecule has 0 spiro atoms. The van der Waals surface area contributed by atoms with E-state index < -0.39 is 4.92 Å². The van der Waals surface area contributed by atoms with Crippen LogP contribution >= 0.6 is 11.6 Å². The molecule has 0 unspecified atom stereocenters. The zero-order chi connectivity index (χ0) is 17.1. The smallest absolute Gasteiger partial charge is 0.283 e. The van der Waals surface area contributed by atoms with E-state index in [1.54, 1.807) is 4.90 Å². The van der Waals surface area contributed by atoms with Gasteiger partial charge in [0.05, 0.1) is 4.92 Å². The molecular weight excluding hydrogens is 328 g/mol. The van der Waals surface area contributed by atoms with Gasteiger partial charge in [-0.1, -0.05) is 41.9 Å². The van der Waals surface area contributed by atoms with Crippen LogP contribution in [0.3, 0.4) is 0 Å². The van der Waals surface area contributed by atoms with Crippen molar-refractivity contribution in [3.05, 3.63) is 74.8 Å². The van der Waals surface area contributed by atoms with Crippen molar-refractivity contribution in [1.29, 1.82) is 0 Å². The van der Waals surface area contributed by atoms with Gasteiger partial charge < -0.3 is 4.90 Å². The fourth-order valence-electron chi connectivity index (χ4n) is 3.15. The molecule has 0 bridgehead atoms. The van der Waals surface area contributed by atoms with Crippen LogP contribution in [-0.2, 0) is 0 Å². The Morgan fingerprint density at radius 1 is 1.12 bits per heavy atom. The molecule has 2 aromatic rings. The van der Waals surface area contributed by atoms with Gasteiger partial charge in [-0.15, -0.1) is 0 Å². The minimum absolute atomic E-state index is 0.0996.